The van der Waals surface area contributed by atoms with E-state index in [2.05, 4.69) is 10.1 Å². The first kappa shape index (κ1) is 12.8. The van der Waals surface area contributed by atoms with Crippen molar-refractivity contribution < 1.29 is 9.62 Å². The van der Waals surface area contributed by atoms with Crippen LogP contribution in [0.5, 0.6) is 0 Å². The molecular formula is C12H15N3O2S. The van der Waals surface area contributed by atoms with Crippen molar-refractivity contribution in [3.8, 4) is 0 Å². The van der Waals surface area contributed by atoms with Gasteiger partial charge in [-0.3, -0.25) is 0 Å². The van der Waals surface area contributed by atoms with Gasteiger partial charge in [-0.25, -0.2) is 4.98 Å². The van der Waals surface area contributed by atoms with Gasteiger partial charge in [0.05, 0.1) is 0 Å². The van der Waals surface area contributed by atoms with Crippen molar-refractivity contribution >= 4 is 28.7 Å². The summed E-state index contributed by atoms with van der Waals surface area (Å²) < 4.78 is 5.62. The van der Waals surface area contributed by atoms with Gasteiger partial charge in [0.1, 0.15) is 11.4 Å². The highest BCUT2D eigenvalue weighted by molar-refractivity contribution is 7.99. The van der Waals surface area contributed by atoms with Crippen molar-refractivity contribution in [1.82, 2.24) is 4.98 Å². The van der Waals surface area contributed by atoms with Crippen LogP contribution in [0, 0.1) is 0 Å². The van der Waals surface area contributed by atoms with Gasteiger partial charge in [-0.2, -0.15) is 0 Å². The van der Waals surface area contributed by atoms with Crippen LogP contribution in [-0.4, -0.2) is 21.3 Å². The summed E-state index contributed by atoms with van der Waals surface area (Å²) in [6.07, 6.45) is 1.40. The molecular weight excluding hydrogens is 250 g/mol. The predicted octanol–water partition coefficient (Wildman–Crippen LogP) is 2.84. The maximum absolute atomic E-state index is 8.57. The standard InChI is InChI=1S/C12H15N3O2S/c1-2-8(7-11(13)15-16)18-12-14-9-5-3-4-6-10(9)17-12/h3-6,8,16H,2,7H2,1H3,(H2,13,15). The lowest BCUT2D eigenvalue weighted by Gasteiger charge is -2.10. The zero-order chi connectivity index (χ0) is 13.0. The monoisotopic (exact) mass is 265 g/mol. The molecule has 0 aliphatic rings. The number of fused-ring (bicyclic) bond motifs is 1. The Kier molecular flexibility index (Phi) is 4.09. The molecule has 0 amide bonds. The van der Waals surface area contributed by atoms with Crippen LogP contribution in [0.3, 0.4) is 0 Å². The first-order valence-electron chi connectivity index (χ1n) is 5.71. The van der Waals surface area contributed by atoms with Gasteiger partial charge >= 0.3 is 0 Å². The van der Waals surface area contributed by atoms with Crippen LogP contribution in [0.1, 0.15) is 19.8 Å². The van der Waals surface area contributed by atoms with Crippen LogP contribution in [0.15, 0.2) is 39.1 Å². The summed E-state index contributed by atoms with van der Waals surface area (Å²) in [7, 11) is 0. The maximum atomic E-state index is 8.57. The number of hydrogen-bond acceptors (Lipinski definition) is 5. The molecule has 0 saturated carbocycles. The number of amidine groups is 1. The van der Waals surface area contributed by atoms with Gasteiger partial charge < -0.3 is 15.4 Å². The van der Waals surface area contributed by atoms with Crippen molar-refractivity contribution in [3.05, 3.63) is 24.3 Å². The van der Waals surface area contributed by atoms with Crippen LogP contribution in [-0.2, 0) is 0 Å². The fraction of sp³-hybridized carbons (Fsp3) is 0.333. The van der Waals surface area contributed by atoms with Gasteiger partial charge in [-0.15, -0.1) is 0 Å². The zero-order valence-corrected chi connectivity index (χ0v) is 10.9. The van der Waals surface area contributed by atoms with Crippen molar-refractivity contribution in [2.75, 3.05) is 0 Å². The summed E-state index contributed by atoms with van der Waals surface area (Å²) in [5, 5.41) is 12.4. The minimum Gasteiger partial charge on any atom is -0.431 e. The molecule has 1 aromatic heterocycles. The van der Waals surface area contributed by atoms with Crippen LogP contribution >= 0.6 is 11.8 Å². The van der Waals surface area contributed by atoms with E-state index in [9.17, 15) is 0 Å². The van der Waals surface area contributed by atoms with Gasteiger partial charge in [0.25, 0.3) is 5.22 Å². The molecule has 1 aromatic carbocycles. The van der Waals surface area contributed by atoms with Crippen LogP contribution < -0.4 is 5.73 Å². The lowest BCUT2D eigenvalue weighted by Crippen LogP contribution is -2.18. The first-order chi connectivity index (χ1) is 8.72. The van der Waals surface area contributed by atoms with Crippen LogP contribution in [0.4, 0.5) is 0 Å². The summed E-state index contributed by atoms with van der Waals surface area (Å²) in [4.78, 5) is 4.39. The zero-order valence-electron chi connectivity index (χ0n) is 10.0. The molecule has 1 heterocycles. The largest absolute Gasteiger partial charge is 0.431 e. The number of para-hydroxylation sites is 2. The van der Waals surface area contributed by atoms with E-state index in [1.807, 2.05) is 31.2 Å². The van der Waals surface area contributed by atoms with Gasteiger partial charge in [0.2, 0.25) is 0 Å². The second-order valence-electron chi connectivity index (χ2n) is 3.89. The highest BCUT2D eigenvalue weighted by atomic mass is 32.2. The molecule has 0 spiro atoms. The first-order valence-corrected chi connectivity index (χ1v) is 6.59. The molecule has 2 aromatic rings. The molecule has 6 heteroatoms. The molecule has 5 nitrogen and oxygen atoms in total. The number of oxime groups is 1. The second-order valence-corrected chi connectivity index (χ2v) is 5.14. The van der Waals surface area contributed by atoms with E-state index < -0.39 is 0 Å². The van der Waals surface area contributed by atoms with Crippen molar-refractivity contribution in [1.29, 1.82) is 0 Å². The quantitative estimate of drug-likeness (QED) is 0.285. The van der Waals surface area contributed by atoms with Gasteiger partial charge in [-0.1, -0.05) is 36.0 Å². The lowest BCUT2D eigenvalue weighted by molar-refractivity contribution is 0.316. The topological polar surface area (TPSA) is 84.6 Å². The Morgan fingerprint density at radius 2 is 2.33 bits per heavy atom. The van der Waals surface area contributed by atoms with Gasteiger partial charge in [0, 0.05) is 11.7 Å². The average Bonchev–Trinajstić information content (AvgIpc) is 2.79. The predicted molar refractivity (Wildman–Crippen MR) is 72.0 cm³/mol. The van der Waals surface area contributed by atoms with Gasteiger partial charge in [0.15, 0.2) is 5.58 Å². The number of thioether (sulfide) groups is 1. The number of oxazole rings is 1. The minimum absolute atomic E-state index is 0.189. The Morgan fingerprint density at radius 3 is 3.00 bits per heavy atom. The van der Waals surface area contributed by atoms with Crippen molar-refractivity contribution in [3.63, 3.8) is 0 Å². The molecule has 3 N–H and O–H groups in total. The summed E-state index contributed by atoms with van der Waals surface area (Å²) in [6, 6.07) is 7.63. The van der Waals surface area contributed by atoms with E-state index in [0.29, 0.717) is 11.6 Å². The number of nitrogens with two attached hydrogens (primary N) is 1. The Balaban J connectivity index is 2.11. The molecule has 0 aliphatic heterocycles. The van der Waals surface area contributed by atoms with E-state index in [1.165, 1.54) is 11.8 Å². The van der Waals surface area contributed by atoms with Crippen LogP contribution in [0.2, 0.25) is 0 Å². The number of nitrogens with zero attached hydrogens (tertiary/aromatic N) is 2. The fourth-order valence-corrected chi connectivity index (χ4v) is 2.58. The highest BCUT2D eigenvalue weighted by Crippen LogP contribution is 2.29. The SMILES string of the molecule is CCC(C/C(N)=N/O)Sc1nc2ccccc2o1. The normalized spacial score (nSPS) is 13.9. The Labute approximate surface area is 109 Å². The molecule has 0 fully saturated rings. The molecule has 1 atom stereocenters. The van der Waals surface area contributed by atoms with E-state index >= 15 is 0 Å². The lowest BCUT2D eigenvalue weighted by atomic mass is 10.2. The Hall–Kier alpha value is -1.69. The smallest absolute Gasteiger partial charge is 0.257 e. The van der Waals surface area contributed by atoms with Gasteiger partial charge in [-0.05, 0) is 18.6 Å². The molecule has 0 radical (unpaired) electrons. The van der Waals surface area contributed by atoms with Crippen molar-refractivity contribution in [2.45, 2.75) is 30.2 Å². The second kappa shape index (κ2) is 5.77. The molecule has 0 aliphatic carbocycles. The minimum atomic E-state index is 0.189. The third-order valence-electron chi connectivity index (χ3n) is 2.56. The summed E-state index contributed by atoms with van der Waals surface area (Å²) in [5.41, 5.74) is 7.14. The number of benzene rings is 1. The summed E-state index contributed by atoms with van der Waals surface area (Å²) in [5.74, 6) is 0.227. The van der Waals surface area contributed by atoms with E-state index in [0.717, 1.165) is 17.5 Å². The van der Waals surface area contributed by atoms with E-state index in [1.54, 1.807) is 0 Å². The molecule has 18 heavy (non-hydrogen) atoms. The average molecular weight is 265 g/mol. The third kappa shape index (κ3) is 2.95. The molecule has 0 bridgehead atoms. The summed E-state index contributed by atoms with van der Waals surface area (Å²) in [6.45, 7) is 2.05. The van der Waals surface area contributed by atoms with E-state index in [4.69, 9.17) is 15.4 Å². The van der Waals surface area contributed by atoms with Crippen molar-refractivity contribution in [2.24, 2.45) is 10.9 Å². The molecule has 96 valence electrons. The Morgan fingerprint density at radius 1 is 1.56 bits per heavy atom. The number of rotatable bonds is 5. The molecule has 1 unspecified atom stereocenters. The van der Waals surface area contributed by atoms with E-state index in [-0.39, 0.29) is 11.1 Å². The summed E-state index contributed by atoms with van der Waals surface area (Å²) >= 11 is 1.51. The Bertz CT molecular complexity index is 520. The van der Waals surface area contributed by atoms with Crippen LogP contribution in [0.25, 0.3) is 11.1 Å². The highest BCUT2D eigenvalue weighted by Gasteiger charge is 2.15. The maximum Gasteiger partial charge on any atom is 0.257 e. The number of hydrogen-bond donors (Lipinski definition) is 2. The molecule has 0 saturated heterocycles. The fourth-order valence-electron chi connectivity index (χ4n) is 1.59. The third-order valence-corrected chi connectivity index (χ3v) is 3.77. The number of aromatic nitrogens is 1. The molecule has 2 rings (SSSR count).